The zero-order chi connectivity index (χ0) is 12.4. The van der Waals surface area contributed by atoms with Crippen molar-refractivity contribution in [1.29, 1.82) is 0 Å². The second-order valence-electron chi connectivity index (χ2n) is 4.32. The molecule has 0 bridgehead atoms. The summed E-state index contributed by atoms with van der Waals surface area (Å²) in [6, 6.07) is 0. The van der Waals surface area contributed by atoms with Crippen LogP contribution in [-0.4, -0.2) is 63.2 Å². The highest BCUT2D eigenvalue weighted by molar-refractivity contribution is 5.69. The Labute approximate surface area is 99.5 Å². The average Bonchev–Trinajstić information content (AvgIpc) is 2.25. The molecule has 0 aliphatic rings. The average molecular weight is 230 g/mol. The molecule has 96 valence electrons. The Kier molecular flexibility index (Phi) is 9.24. The molecule has 0 rings (SSSR count). The van der Waals surface area contributed by atoms with Crippen molar-refractivity contribution in [2.45, 2.75) is 26.2 Å². The van der Waals surface area contributed by atoms with Crippen molar-refractivity contribution < 1.29 is 9.53 Å². The first-order valence-electron chi connectivity index (χ1n) is 6.04. The van der Waals surface area contributed by atoms with Gasteiger partial charge in [0.25, 0.3) is 0 Å². The predicted molar refractivity (Wildman–Crippen MR) is 66.5 cm³/mol. The van der Waals surface area contributed by atoms with E-state index in [9.17, 15) is 4.79 Å². The predicted octanol–water partition coefficient (Wildman–Crippen LogP) is 1.21. The van der Waals surface area contributed by atoms with Gasteiger partial charge < -0.3 is 14.5 Å². The van der Waals surface area contributed by atoms with Crippen LogP contribution in [0.4, 0.5) is 0 Å². The Bertz CT molecular complexity index is 184. The second kappa shape index (κ2) is 9.60. The molecule has 0 saturated carbocycles. The van der Waals surface area contributed by atoms with E-state index in [1.165, 1.54) is 7.11 Å². The van der Waals surface area contributed by atoms with Crippen LogP contribution in [0.25, 0.3) is 0 Å². The van der Waals surface area contributed by atoms with E-state index in [0.29, 0.717) is 6.42 Å². The number of likely N-dealkylation sites (N-methyl/N-ethyl adjacent to an activating group) is 1. The Morgan fingerprint density at radius 1 is 1.12 bits per heavy atom. The lowest BCUT2D eigenvalue weighted by Gasteiger charge is -2.23. The molecule has 4 nitrogen and oxygen atoms in total. The highest BCUT2D eigenvalue weighted by Crippen LogP contribution is 1.98. The van der Waals surface area contributed by atoms with Crippen molar-refractivity contribution in [3.63, 3.8) is 0 Å². The lowest BCUT2D eigenvalue weighted by molar-refractivity contribution is -0.140. The van der Waals surface area contributed by atoms with Gasteiger partial charge in [0.05, 0.1) is 7.11 Å². The first-order valence-corrected chi connectivity index (χ1v) is 6.04. The van der Waals surface area contributed by atoms with Gasteiger partial charge in [-0.15, -0.1) is 0 Å². The highest BCUT2D eigenvalue weighted by Gasteiger charge is 2.06. The summed E-state index contributed by atoms with van der Waals surface area (Å²) in [4.78, 5) is 15.6. The van der Waals surface area contributed by atoms with E-state index in [1.807, 2.05) is 0 Å². The third-order valence-corrected chi connectivity index (χ3v) is 2.49. The first-order chi connectivity index (χ1) is 7.60. The summed E-state index contributed by atoms with van der Waals surface area (Å²) < 4.78 is 4.62. The topological polar surface area (TPSA) is 32.8 Å². The van der Waals surface area contributed by atoms with E-state index >= 15 is 0 Å². The van der Waals surface area contributed by atoms with Crippen molar-refractivity contribution >= 4 is 5.97 Å². The van der Waals surface area contributed by atoms with Gasteiger partial charge in [0.1, 0.15) is 0 Å². The number of methoxy groups -OCH3 is 1. The molecule has 0 aromatic rings. The molecule has 0 amide bonds. The molecule has 0 radical (unpaired) electrons. The summed E-state index contributed by atoms with van der Waals surface area (Å²) in [5.74, 6) is -0.107. The zero-order valence-corrected chi connectivity index (χ0v) is 11.2. The van der Waals surface area contributed by atoms with Crippen LogP contribution in [0.15, 0.2) is 0 Å². The standard InChI is InChI=1S/C12H26N2O2/c1-5-8-14(11-10-13(2)3)9-6-7-12(15)16-4/h5-11H2,1-4H3. The van der Waals surface area contributed by atoms with Gasteiger partial charge in [-0.1, -0.05) is 6.92 Å². The summed E-state index contributed by atoms with van der Waals surface area (Å²) in [5.41, 5.74) is 0. The fourth-order valence-corrected chi connectivity index (χ4v) is 1.54. The van der Waals surface area contributed by atoms with Crippen molar-refractivity contribution in [3.8, 4) is 0 Å². The molecule has 4 heteroatoms. The van der Waals surface area contributed by atoms with Crippen molar-refractivity contribution in [2.24, 2.45) is 0 Å². The number of carbonyl (C=O) groups excluding carboxylic acids is 1. The summed E-state index contributed by atoms with van der Waals surface area (Å²) >= 11 is 0. The van der Waals surface area contributed by atoms with Gasteiger partial charge >= 0.3 is 5.97 Å². The Balaban J connectivity index is 3.71. The van der Waals surface area contributed by atoms with Gasteiger partial charge in [0.15, 0.2) is 0 Å². The molecule has 16 heavy (non-hydrogen) atoms. The highest BCUT2D eigenvalue weighted by atomic mass is 16.5. The molecule has 0 N–H and O–H groups in total. The number of ether oxygens (including phenoxy) is 1. The SMILES string of the molecule is CCCN(CCCC(=O)OC)CCN(C)C. The second-order valence-corrected chi connectivity index (χ2v) is 4.32. The summed E-state index contributed by atoms with van der Waals surface area (Å²) in [5, 5.41) is 0. The Morgan fingerprint density at radius 2 is 1.81 bits per heavy atom. The van der Waals surface area contributed by atoms with Crippen LogP contribution in [-0.2, 0) is 9.53 Å². The maximum absolute atomic E-state index is 11.0. The van der Waals surface area contributed by atoms with Gasteiger partial charge in [-0.3, -0.25) is 4.79 Å². The maximum Gasteiger partial charge on any atom is 0.305 e. The maximum atomic E-state index is 11.0. The lowest BCUT2D eigenvalue weighted by Crippen LogP contribution is -2.33. The van der Waals surface area contributed by atoms with Crippen molar-refractivity contribution in [3.05, 3.63) is 0 Å². The van der Waals surface area contributed by atoms with Crippen LogP contribution in [0.3, 0.4) is 0 Å². The largest absolute Gasteiger partial charge is 0.469 e. The number of carbonyl (C=O) groups is 1. The molecule has 0 aliphatic carbocycles. The summed E-state index contributed by atoms with van der Waals surface area (Å²) in [6.45, 7) is 6.41. The molecule has 0 aromatic carbocycles. The van der Waals surface area contributed by atoms with Gasteiger partial charge in [-0.05, 0) is 40.0 Å². The van der Waals surface area contributed by atoms with Gasteiger partial charge in [-0.25, -0.2) is 0 Å². The van der Waals surface area contributed by atoms with Gasteiger partial charge in [-0.2, -0.15) is 0 Å². The molecule has 0 spiro atoms. The molecule has 0 heterocycles. The number of nitrogens with zero attached hydrogens (tertiary/aromatic N) is 2. The molecular formula is C12H26N2O2. The van der Waals surface area contributed by atoms with Crippen LogP contribution in [0.1, 0.15) is 26.2 Å². The fourth-order valence-electron chi connectivity index (χ4n) is 1.54. The molecule has 0 aliphatic heterocycles. The normalized spacial score (nSPS) is 11.1. The zero-order valence-electron chi connectivity index (χ0n) is 11.2. The quantitative estimate of drug-likeness (QED) is 0.557. The third-order valence-electron chi connectivity index (χ3n) is 2.49. The van der Waals surface area contributed by atoms with Crippen molar-refractivity contribution in [2.75, 3.05) is 47.4 Å². The Morgan fingerprint density at radius 3 is 2.31 bits per heavy atom. The molecule has 0 saturated heterocycles. The minimum Gasteiger partial charge on any atom is -0.469 e. The van der Waals surface area contributed by atoms with E-state index in [1.54, 1.807) is 0 Å². The Hall–Kier alpha value is -0.610. The number of esters is 1. The van der Waals surface area contributed by atoms with E-state index in [-0.39, 0.29) is 5.97 Å². The smallest absolute Gasteiger partial charge is 0.305 e. The molecular weight excluding hydrogens is 204 g/mol. The molecule has 0 unspecified atom stereocenters. The number of hydrogen-bond donors (Lipinski definition) is 0. The van der Waals surface area contributed by atoms with Gasteiger partial charge in [0.2, 0.25) is 0 Å². The molecule has 0 aromatic heterocycles. The number of hydrogen-bond acceptors (Lipinski definition) is 4. The minimum absolute atomic E-state index is 0.107. The minimum atomic E-state index is -0.107. The van der Waals surface area contributed by atoms with E-state index < -0.39 is 0 Å². The molecule has 0 fully saturated rings. The van der Waals surface area contributed by atoms with E-state index in [4.69, 9.17) is 0 Å². The van der Waals surface area contributed by atoms with E-state index in [2.05, 4.69) is 35.6 Å². The van der Waals surface area contributed by atoms with Crippen LogP contribution < -0.4 is 0 Å². The van der Waals surface area contributed by atoms with Crippen LogP contribution in [0, 0.1) is 0 Å². The first kappa shape index (κ1) is 15.4. The lowest BCUT2D eigenvalue weighted by atomic mass is 10.2. The van der Waals surface area contributed by atoms with E-state index in [0.717, 1.165) is 39.0 Å². The summed E-state index contributed by atoms with van der Waals surface area (Å²) in [6.07, 6.45) is 2.57. The molecule has 0 atom stereocenters. The summed E-state index contributed by atoms with van der Waals surface area (Å²) in [7, 11) is 5.61. The monoisotopic (exact) mass is 230 g/mol. The fraction of sp³-hybridized carbons (Fsp3) is 0.917. The van der Waals surface area contributed by atoms with Crippen LogP contribution in [0.5, 0.6) is 0 Å². The van der Waals surface area contributed by atoms with Gasteiger partial charge in [0, 0.05) is 19.5 Å². The van der Waals surface area contributed by atoms with Crippen molar-refractivity contribution in [1.82, 2.24) is 9.80 Å². The third kappa shape index (κ3) is 8.68. The number of rotatable bonds is 9. The van der Waals surface area contributed by atoms with Crippen LogP contribution >= 0.6 is 0 Å². The van der Waals surface area contributed by atoms with Crippen LogP contribution in [0.2, 0.25) is 0 Å².